The van der Waals surface area contributed by atoms with Crippen LogP contribution < -0.4 is 0 Å². The molecule has 5 aliphatic carbocycles. The first-order chi connectivity index (χ1) is 7.81. The van der Waals surface area contributed by atoms with E-state index in [2.05, 4.69) is 34.6 Å². The molecule has 0 amide bonds. The molecule has 0 aromatic heterocycles. The first-order valence-electron chi connectivity index (χ1n) is 7.81. The van der Waals surface area contributed by atoms with Crippen molar-refractivity contribution in [3.8, 4) is 0 Å². The monoisotopic (exact) mass is 232 g/mol. The van der Waals surface area contributed by atoms with Crippen molar-refractivity contribution in [2.45, 2.75) is 66.7 Å². The second kappa shape index (κ2) is 2.49. The largest absolute Gasteiger partial charge is 0.0649 e. The van der Waals surface area contributed by atoms with Gasteiger partial charge in [0.2, 0.25) is 0 Å². The Morgan fingerprint density at radius 3 is 2.35 bits per heavy atom. The molecule has 1 spiro atoms. The lowest BCUT2D eigenvalue weighted by Crippen LogP contribution is -2.46. The van der Waals surface area contributed by atoms with Crippen LogP contribution in [0.3, 0.4) is 0 Å². The molecule has 6 unspecified atom stereocenters. The van der Waals surface area contributed by atoms with E-state index in [1.54, 1.807) is 25.7 Å². The fourth-order valence-corrected chi connectivity index (χ4v) is 8.24. The summed E-state index contributed by atoms with van der Waals surface area (Å²) in [6.45, 7) is 12.9. The summed E-state index contributed by atoms with van der Waals surface area (Å²) < 4.78 is 0. The van der Waals surface area contributed by atoms with Crippen LogP contribution in [-0.4, -0.2) is 0 Å². The van der Waals surface area contributed by atoms with E-state index in [1.165, 1.54) is 6.42 Å². The van der Waals surface area contributed by atoms with Crippen LogP contribution in [0.1, 0.15) is 66.7 Å². The van der Waals surface area contributed by atoms with Gasteiger partial charge in [-0.2, -0.15) is 0 Å². The van der Waals surface area contributed by atoms with Crippen molar-refractivity contribution in [2.75, 3.05) is 0 Å². The Kier molecular flexibility index (Phi) is 1.60. The summed E-state index contributed by atoms with van der Waals surface area (Å²) >= 11 is 0. The minimum absolute atomic E-state index is 0.609. The minimum Gasteiger partial charge on any atom is -0.0649 e. The van der Waals surface area contributed by atoms with E-state index in [-0.39, 0.29) is 0 Å². The molecule has 17 heavy (non-hydrogen) atoms. The zero-order valence-electron chi connectivity index (χ0n) is 12.3. The third kappa shape index (κ3) is 0.816. The van der Waals surface area contributed by atoms with Crippen molar-refractivity contribution in [3.05, 3.63) is 0 Å². The molecule has 0 aromatic rings. The van der Waals surface area contributed by atoms with Gasteiger partial charge >= 0.3 is 0 Å². The van der Waals surface area contributed by atoms with Crippen LogP contribution in [0, 0.1) is 39.4 Å². The molecule has 0 heteroatoms. The predicted molar refractivity (Wildman–Crippen MR) is 71.7 cm³/mol. The van der Waals surface area contributed by atoms with Crippen LogP contribution in [0.5, 0.6) is 0 Å². The van der Waals surface area contributed by atoms with Gasteiger partial charge in [-0.25, -0.2) is 0 Å². The molecule has 5 fully saturated rings. The third-order valence-corrected chi connectivity index (χ3v) is 8.55. The minimum atomic E-state index is 0.609. The van der Waals surface area contributed by atoms with E-state index >= 15 is 0 Å². The van der Waals surface area contributed by atoms with Crippen LogP contribution in [0.2, 0.25) is 0 Å². The van der Waals surface area contributed by atoms with Crippen molar-refractivity contribution in [1.82, 2.24) is 0 Å². The van der Waals surface area contributed by atoms with Gasteiger partial charge < -0.3 is 0 Å². The Hall–Kier alpha value is 0. The molecule has 0 N–H and O–H groups in total. The molecule has 0 nitrogen and oxygen atoms in total. The van der Waals surface area contributed by atoms with Crippen molar-refractivity contribution in [3.63, 3.8) is 0 Å². The van der Waals surface area contributed by atoms with Gasteiger partial charge in [0.15, 0.2) is 0 Å². The fourth-order valence-electron chi connectivity index (χ4n) is 8.24. The molecule has 0 heterocycles. The maximum Gasteiger partial charge on any atom is -0.0202 e. The molecule has 96 valence electrons. The second-order valence-corrected chi connectivity index (χ2v) is 8.97. The summed E-state index contributed by atoms with van der Waals surface area (Å²) in [5.41, 5.74) is 2.81. The van der Waals surface area contributed by atoms with Crippen molar-refractivity contribution >= 4 is 0 Å². The van der Waals surface area contributed by atoms with Crippen LogP contribution in [0.4, 0.5) is 0 Å². The fraction of sp³-hybridized carbons (Fsp3) is 1.00. The summed E-state index contributed by atoms with van der Waals surface area (Å²) in [4.78, 5) is 0. The molecule has 0 aliphatic heterocycles. The first-order valence-corrected chi connectivity index (χ1v) is 7.81. The Morgan fingerprint density at radius 1 is 1.06 bits per heavy atom. The second-order valence-electron chi connectivity index (χ2n) is 8.97. The maximum atomic E-state index is 2.68. The molecular weight excluding hydrogens is 204 g/mol. The van der Waals surface area contributed by atoms with Gasteiger partial charge in [0, 0.05) is 0 Å². The Morgan fingerprint density at radius 2 is 1.76 bits per heavy atom. The normalized spacial score (nSPS) is 65.8. The van der Waals surface area contributed by atoms with Crippen molar-refractivity contribution in [1.29, 1.82) is 0 Å². The van der Waals surface area contributed by atoms with E-state index in [1.807, 2.05) is 0 Å². The molecule has 0 radical (unpaired) electrons. The maximum absolute atomic E-state index is 2.68. The number of hydrogen-bond acceptors (Lipinski definition) is 0. The standard InChI is InChI=1S/C17H28/c1-6-16-7-12-8-17(10-16)11(2)14(3,4)13(12)15(17,5)9-16/h11-13H,6-10H2,1-5H3. The molecule has 0 saturated heterocycles. The van der Waals surface area contributed by atoms with E-state index < -0.39 is 0 Å². The SMILES string of the molecule is CCC12CC3CC4(C1)C(C)C(C)(C)C3C4(C)C2. The summed E-state index contributed by atoms with van der Waals surface area (Å²) in [5, 5.41) is 0. The molecular formula is C17H28. The summed E-state index contributed by atoms with van der Waals surface area (Å²) in [6.07, 6.45) is 7.74. The Bertz CT molecular complexity index is 395. The average molecular weight is 232 g/mol. The molecule has 0 aromatic carbocycles. The van der Waals surface area contributed by atoms with Gasteiger partial charge in [0.05, 0.1) is 0 Å². The van der Waals surface area contributed by atoms with E-state index in [0.29, 0.717) is 10.8 Å². The van der Waals surface area contributed by atoms with Crippen molar-refractivity contribution in [2.24, 2.45) is 39.4 Å². The van der Waals surface area contributed by atoms with Crippen LogP contribution in [0.15, 0.2) is 0 Å². The molecule has 5 aliphatic rings. The summed E-state index contributed by atoms with van der Waals surface area (Å²) in [5.74, 6) is 3.07. The quantitative estimate of drug-likeness (QED) is 0.604. The first kappa shape index (κ1) is 10.9. The summed E-state index contributed by atoms with van der Waals surface area (Å²) in [7, 11) is 0. The zero-order chi connectivity index (χ0) is 12.3. The smallest absolute Gasteiger partial charge is 0.0202 e. The van der Waals surface area contributed by atoms with Gasteiger partial charge in [-0.3, -0.25) is 0 Å². The number of rotatable bonds is 1. The zero-order valence-corrected chi connectivity index (χ0v) is 12.3. The van der Waals surface area contributed by atoms with Gasteiger partial charge in [-0.15, -0.1) is 0 Å². The Balaban J connectivity index is 1.92. The van der Waals surface area contributed by atoms with E-state index in [0.717, 1.165) is 28.6 Å². The van der Waals surface area contributed by atoms with E-state index in [9.17, 15) is 0 Å². The average Bonchev–Trinajstić information content (AvgIpc) is 2.58. The topological polar surface area (TPSA) is 0 Å². The molecule has 6 atom stereocenters. The Labute approximate surface area is 107 Å². The number of hydrogen-bond donors (Lipinski definition) is 0. The van der Waals surface area contributed by atoms with E-state index in [4.69, 9.17) is 0 Å². The lowest BCUT2D eigenvalue weighted by molar-refractivity contribution is -0.0481. The highest BCUT2D eigenvalue weighted by Crippen LogP contribution is 2.89. The molecule has 5 bridgehead atoms. The van der Waals surface area contributed by atoms with Crippen LogP contribution in [-0.2, 0) is 0 Å². The van der Waals surface area contributed by atoms with Crippen LogP contribution in [0.25, 0.3) is 0 Å². The highest BCUT2D eigenvalue weighted by Gasteiger charge is 2.81. The third-order valence-electron chi connectivity index (χ3n) is 8.55. The van der Waals surface area contributed by atoms with Gasteiger partial charge in [0.25, 0.3) is 0 Å². The molecule has 5 rings (SSSR count). The van der Waals surface area contributed by atoms with Gasteiger partial charge in [0.1, 0.15) is 0 Å². The highest BCUT2D eigenvalue weighted by molar-refractivity contribution is 5.30. The van der Waals surface area contributed by atoms with Crippen LogP contribution >= 0.6 is 0 Å². The highest BCUT2D eigenvalue weighted by atomic mass is 14.9. The lowest BCUT2D eigenvalue weighted by Gasteiger charge is -2.54. The molecule has 5 saturated carbocycles. The summed E-state index contributed by atoms with van der Waals surface area (Å²) in [6, 6.07) is 0. The van der Waals surface area contributed by atoms with Crippen molar-refractivity contribution < 1.29 is 0 Å². The lowest BCUT2D eigenvalue weighted by atomic mass is 9.51. The van der Waals surface area contributed by atoms with Gasteiger partial charge in [-0.05, 0) is 65.1 Å². The predicted octanol–water partition coefficient (Wildman–Crippen LogP) is 4.89. The van der Waals surface area contributed by atoms with Gasteiger partial charge in [-0.1, -0.05) is 41.0 Å².